The van der Waals surface area contributed by atoms with Crippen LogP contribution in [0.3, 0.4) is 0 Å². The summed E-state index contributed by atoms with van der Waals surface area (Å²) in [5, 5.41) is 2.96. The molecule has 0 aliphatic rings. The van der Waals surface area contributed by atoms with Crippen molar-refractivity contribution in [2.24, 2.45) is 0 Å². The molecule has 1 aromatic heterocycles. The Morgan fingerprint density at radius 2 is 2.00 bits per heavy atom. The fourth-order valence-electron chi connectivity index (χ4n) is 1.11. The minimum atomic E-state index is 0.177. The molecule has 2 rings (SSSR count). The van der Waals surface area contributed by atoms with Crippen molar-refractivity contribution in [3.8, 4) is 0 Å². The van der Waals surface area contributed by atoms with Gasteiger partial charge < -0.3 is 16.8 Å². The Kier molecular flexibility index (Phi) is 2.32. The Morgan fingerprint density at radius 1 is 1.13 bits per heavy atom. The van der Waals surface area contributed by atoms with Crippen molar-refractivity contribution in [1.29, 1.82) is 0 Å². The molecule has 0 atom stereocenters. The van der Waals surface area contributed by atoms with Crippen molar-refractivity contribution < 1.29 is 0 Å². The summed E-state index contributed by atoms with van der Waals surface area (Å²) < 4.78 is 0. The second-order valence-corrected chi connectivity index (χ2v) is 2.92. The summed E-state index contributed by atoms with van der Waals surface area (Å²) in [6.45, 7) is 0. The highest BCUT2D eigenvalue weighted by Gasteiger charge is 1.98. The number of nitrogen functional groups attached to an aromatic ring is 2. The number of nitrogens with zero attached hydrogens (tertiary/aromatic N) is 3. The average molecular weight is 202 g/mol. The summed E-state index contributed by atoms with van der Waals surface area (Å²) in [6, 6.07) is 7.27. The van der Waals surface area contributed by atoms with Gasteiger partial charge in [-0.3, -0.25) is 0 Å². The van der Waals surface area contributed by atoms with E-state index in [2.05, 4.69) is 20.3 Å². The number of hydrogen-bond acceptors (Lipinski definition) is 6. The molecule has 0 bridgehead atoms. The lowest BCUT2D eigenvalue weighted by Gasteiger charge is -2.04. The third kappa shape index (κ3) is 2.31. The van der Waals surface area contributed by atoms with Gasteiger partial charge in [0.2, 0.25) is 11.9 Å². The fourth-order valence-corrected chi connectivity index (χ4v) is 1.11. The van der Waals surface area contributed by atoms with Crippen LogP contribution in [-0.4, -0.2) is 15.0 Å². The monoisotopic (exact) mass is 202 g/mol. The lowest BCUT2D eigenvalue weighted by atomic mass is 10.3. The van der Waals surface area contributed by atoms with Crippen molar-refractivity contribution in [2.45, 2.75) is 0 Å². The minimum absolute atomic E-state index is 0.177. The van der Waals surface area contributed by atoms with E-state index in [1.807, 2.05) is 12.1 Å². The van der Waals surface area contributed by atoms with Gasteiger partial charge in [0.15, 0.2) is 0 Å². The molecular weight excluding hydrogens is 192 g/mol. The Balaban J connectivity index is 2.22. The lowest BCUT2D eigenvalue weighted by Crippen LogP contribution is -2.01. The maximum atomic E-state index is 5.62. The molecule has 0 radical (unpaired) electrons. The Morgan fingerprint density at radius 3 is 2.73 bits per heavy atom. The molecule has 0 saturated heterocycles. The van der Waals surface area contributed by atoms with Crippen molar-refractivity contribution in [3.63, 3.8) is 0 Å². The number of aromatic nitrogens is 3. The highest BCUT2D eigenvalue weighted by Crippen LogP contribution is 2.15. The van der Waals surface area contributed by atoms with Gasteiger partial charge in [0.25, 0.3) is 0 Å². The first-order valence-corrected chi connectivity index (χ1v) is 4.31. The van der Waals surface area contributed by atoms with E-state index >= 15 is 0 Å². The van der Waals surface area contributed by atoms with E-state index in [-0.39, 0.29) is 5.95 Å². The molecule has 2 aromatic rings. The maximum Gasteiger partial charge on any atom is 0.231 e. The first-order valence-electron chi connectivity index (χ1n) is 4.31. The Bertz CT molecular complexity index is 426. The van der Waals surface area contributed by atoms with E-state index in [0.29, 0.717) is 11.6 Å². The first kappa shape index (κ1) is 9.20. The van der Waals surface area contributed by atoms with E-state index in [9.17, 15) is 0 Å². The second-order valence-electron chi connectivity index (χ2n) is 2.92. The zero-order chi connectivity index (χ0) is 10.7. The van der Waals surface area contributed by atoms with Gasteiger partial charge in [0, 0.05) is 11.4 Å². The van der Waals surface area contributed by atoms with Gasteiger partial charge in [-0.25, -0.2) is 9.97 Å². The molecule has 0 saturated carbocycles. The molecule has 0 aliphatic carbocycles. The molecule has 0 amide bonds. The molecule has 15 heavy (non-hydrogen) atoms. The number of benzene rings is 1. The van der Waals surface area contributed by atoms with Crippen LogP contribution < -0.4 is 16.8 Å². The molecule has 6 heteroatoms. The standard InChI is InChI=1S/C9H10N6/c10-6-2-1-3-7(4-6)14-9-13-5-12-8(11)15-9/h1-5H,10H2,(H3,11,12,13,14,15). The fraction of sp³-hybridized carbons (Fsp3) is 0. The molecule has 5 N–H and O–H groups in total. The molecule has 1 heterocycles. The summed E-state index contributed by atoms with van der Waals surface area (Å²) in [4.78, 5) is 11.5. The van der Waals surface area contributed by atoms with Crippen molar-refractivity contribution >= 4 is 23.3 Å². The van der Waals surface area contributed by atoms with E-state index in [0.717, 1.165) is 5.69 Å². The van der Waals surface area contributed by atoms with Gasteiger partial charge in [-0.1, -0.05) is 6.07 Å². The molecule has 6 nitrogen and oxygen atoms in total. The summed E-state index contributed by atoms with van der Waals surface area (Å²) in [5.41, 5.74) is 12.5. The van der Waals surface area contributed by atoms with Crippen molar-refractivity contribution in [2.75, 3.05) is 16.8 Å². The summed E-state index contributed by atoms with van der Waals surface area (Å²) in [7, 11) is 0. The van der Waals surface area contributed by atoms with Gasteiger partial charge in [-0.15, -0.1) is 0 Å². The predicted octanol–water partition coefficient (Wildman–Crippen LogP) is 0.780. The molecule has 1 aromatic carbocycles. The van der Waals surface area contributed by atoms with E-state index < -0.39 is 0 Å². The van der Waals surface area contributed by atoms with Crippen molar-refractivity contribution in [3.05, 3.63) is 30.6 Å². The Labute approximate surface area is 86.4 Å². The van der Waals surface area contributed by atoms with Gasteiger partial charge in [0.05, 0.1) is 0 Å². The highest BCUT2D eigenvalue weighted by atomic mass is 15.2. The molecular formula is C9H10N6. The third-order valence-electron chi connectivity index (χ3n) is 1.73. The largest absolute Gasteiger partial charge is 0.399 e. The molecule has 0 fully saturated rings. The van der Waals surface area contributed by atoms with Crippen LogP contribution in [0.4, 0.5) is 23.3 Å². The number of nitrogens with one attached hydrogen (secondary N) is 1. The SMILES string of the molecule is Nc1cccc(Nc2ncnc(N)n2)c1. The average Bonchev–Trinajstić information content (AvgIpc) is 2.17. The molecule has 0 unspecified atom stereocenters. The van der Waals surface area contributed by atoms with Crippen LogP contribution in [0, 0.1) is 0 Å². The van der Waals surface area contributed by atoms with E-state index in [4.69, 9.17) is 11.5 Å². The third-order valence-corrected chi connectivity index (χ3v) is 1.73. The van der Waals surface area contributed by atoms with Gasteiger partial charge in [0.1, 0.15) is 6.33 Å². The zero-order valence-electron chi connectivity index (χ0n) is 7.88. The first-order chi connectivity index (χ1) is 7.24. The van der Waals surface area contributed by atoms with Crippen LogP contribution in [0.5, 0.6) is 0 Å². The number of rotatable bonds is 2. The summed E-state index contributed by atoms with van der Waals surface area (Å²) in [6.07, 6.45) is 1.34. The summed E-state index contributed by atoms with van der Waals surface area (Å²) in [5.74, 6) is 0.574. The number of nitrogens with two attached hydrogens (primary N) is 2. The maximum absolute atomic E-state index is 5.62. The number of anilines is 4. The van der Waals surface area contributed by atoms with Crippen molar-refractivity contribution in [1.82, 2.24) is 15.0 Å². The minimum Gasteiger partial charge on any atom is -0.399 e. The topological polar surface area (TPSA) is 103 Å². The van der Waals surface area contributed by atoms with Crippen LogP contribution in [-0.2, 0) is 0 Å². The smallest absolute Gasteiger partial charge is 0.231 e. The summed E-state index contributed by atoms with van der Waals surface area (Å²) >= 11 is 0. The van der Waals surface area contributed by atoms with Crippen LogP contribution >= 0.6 is 0 Å². The van der Waals surface area contributed by atoms with Crippen LogP contribution in [0.1, 0.15) is 0 Å². The van der Waals surface area contributed by atoms with E-state index in [1.165, 1.54) is 6.33 Å². The highest BCUT2D eigenvalue weighted by molar-refractivity contribution is 5.59. The normalized spacial score (nSPS) is 9.87. The van der Waals surface area contributed by atoms with E-state index in [1.54, 1.807) is 12.1 Å². The van der Waals surface area contributed by atoms with Crippen LogP contribution in [0.15, 0.2) is 30.6 Å². The quantitative estimate of drug-likeness (QED) is 0.622. The van der Waals surface area contributed by atoms with Gasteiger partial charge >= 0.3 is 0 Å². The van der Waals surface area contributed by atoms with Crippen LogP contribution in [0.2, 0.25) is 0 Å². The molecule has 0 spiro atoms. The van der Waals surface area contributed by atoms with Gasteiger partial charge in [-0.05, 0) is 18.2 Å². The van der Waals surface area contributed by atoms with Gasteiger partial charge in [-0.2, -0.15) is 4.98 Å². The van der Waals surface area contributed by atoms with Crippen LogP contribution in [0.25, 0.3) is 0 Å². The Hall–Kier alpha value is -2.37. The molecule has 0 aliphatic heterocycles. The molecule has 76 valence electrons. The zero-order valence-corrected chi connectivity index (χ0v) is 7.88. The predicted molar refractivity (Wildman–Crippen MR) is 58.4 cm³/mol. The second kappa shape index (κ2) is 3.79. The number of hydrogen-bond donors (Lipinski definition) is 3. The lowest BCUT2D eigenvalue weighted by molar-refractivity contribution is 1.07.